The molecule has 2 rings (SSSR count). The molecular formula is C13H12BrNO2. The molecule has 0 saturated heterocycles. The zero-order valence-corrected chi connectivity index (χ0v) is 11.2. The quantitative estimate of drug-likeness (QED) is 0.788. The molecular weight excluding hydrogens is 282 g/mol. The fourth-order valence-electron chi connectivity index (χ4n) is 2.19. The summed E-state index contributed by atoms with van der Waals surface area (Å²) < 4.78 is 5.63. The molecule has 0 bridgehead atoms. The second kappa shape index (κ2) is 4.15. The average molecular weight is 294 g/mol. The number of methoxy groups -OCH3 is 1. The number of nitriles is 1. The highest BCUT2D eigenvalue weighted by Crippen LogP contribution is 2.54. The van der Waals surface area contributed by atoms with E-state index in [4.69, 9.17) is 4.74 Å². The predicted octanol–water partition coefficient (Wildman–Crippen LogP) is 3.04. The van der Waals surface area contributed by atoms with Gasteiger partial charge >= 0.3 is 5.97 Å². The summed E-state index contributed by atoms with van der Waals surface area (Å²) in [5, 5.41) is 9.33. The SMILES string of the molecule is COC(=O)c1ccc(Br)cc1[C@@]1(C#N)C[C@@H]1C. The Hall–Kier alpha value is -1.34. The van der Waals surface area contributed by atoms with Crippen LogP contribution >= 0.6 is 15.9 Å². The monoisotopic (exact) mass is 293 g/mol. The first-order chi connectivity index (χ1) is 8.05. The van der Waals surface area contributed by atoms with E-state index in [1.807, 2.05) is 13.0 Å². The number of nitrogens with zero attached hydrogens (tertiary/aromatic N) is 1. The van der Waals surface area contributed by atoms with Crippen LogP contribution in [-0.2, 0) is 10.2 Å². The van der Waals surface area contributed by atoms with Gasteiger partial charge in [0.05, 0.1) is 24.2 Å². The van der Waals surface area contributed by atoms with E-state index in [9.17, 15) is 10.1 Å². The maximum Gasteiger partial charge on any atom is 0.338 e. The molecule has 0 unspecified atom stereocenters. The molecule has 4 heteroatoms. The van der Waals surface area contributed by atoms with Gasteiger partial charge < -0.3 is 4.74 Å². The highest BCUT2D eigenvalue weighted by Gasteiger charge is 2.54. The number of ether oxygens (including phenoxy) is 1. The molecule has 2 atom stereocenters. The van der Waals surface area contributed by atoms with Crippen molar-refractivity contribution in [2.24, 2.45) is 5.92 Å². The number of esters is 1. The molecule has 1 saturated carbocycles. The third-order valence-electron chi connectivity index (χ3n) is 3.38. The van der Waals surface area contributed by atoms with Crippen LogP contribution in [0.15, 0.2) is 22.7 Å². The first kappa shape index (κ1) is 12.1. The topological polar surface area (TPSA) is 50.1 Å². The second-order valence-corrected chi connectivity index (χ2v) is 5.29. The average Bonchev–Trinajstić information content (AvgIpc) is 3.00. The smallest absolute Gasteiger partial charge is 0.338 e. The lowest BCUT2D eigenvalue weighted by atomic mass is 9.90. The lowest BCUT2D eigenvalue weighted by Gasteiger charge is -2.13. The molecule has 0 radical (unpaired) electrons. The Morgan fingerprint density at radius 3 is 2.76 bits per heavy atom. The largest absolute Gasteiger partial charge is 0.465 e. The van der Waals surface area contributed by atoms with E-state index in [0.717, 1.165) is 16.5 Å². The molecule has 1 fully saturated rings. The maximum absolute atomic E-state index is 11.7. The normalized spacial score (nSPS) is 26.1. The Kier molecular flexibility index (Phi) is 2.96. The van der Waals surface area contributed by atoms with Crippen molar-refractivity contribution in [2.75, 3.05) is 7.11 Å². The van der Waals surface area contributed by atoms with Crippen LogP contribution in [0.4, 0.5) is 0 Å². The molecule has 0 N–H and O–H groups in total. The third kappa shape index (κ3) is 1.85. The molecule has 0 heterocycles. The Morgan fingerprint density at radius 2 is 2.29 bits per heavy atom. The fourth-order valence-corrected chi connectivity index (χ4v) is 2.55. The number of halogens is 1. The van der Waals surface area contributed by atoms with Crippen molar-refractivity contribution in [3.8, 4) is 6.07 Å². The van der Waals surface area contributed by atoms with Crippen LogP contribution in [0.25, 0.3) is 0 Å². The zero-order valence-electron chi connectivity index (χ0n) is 9.66. The van der Waals surface area contributed by atoms with E-state index < -0.39 is 5.41 Å². The molecule has 0 spiro atoms. The summed E-state index contributed by atoms with van der Waals surface area (Å²) in [6.07, 6.45) is 0.796. The summed E-state index contributed by atoms with van der Waals surface area (Å²) in [5.41, 5.74) is 0.739. The third-order valence-corrected chi connectivity index (χ3v) is 3.87. The van der Waals surface area contributed by atoms with Gasteiger partial charge in [0, 0.05) is 4.47 Å². The van der Waals surface area contributed by atoms with Crippen molar-refractivity contribution in [2.45, 2.75) is 18.8 Å². The van der Waals surface area contributed by atoms with Crippen LogP contribution in [0, 0.1) is 17.2 Å². The van der Waals surface area contributed by atoms with Crippen LogP contribution in [-0.4, -0.2) is 13.1 Å². The fraction of sp³-hybridized carbons (Fsp3) is 0.385. The molecule has 0 aliphatic heterocycles. The highest BCUT2D eigenvalue weighted by atomic mass is 79.9. The van der Waals surface area contributed by atoms with E-state index in [-0.39, 0.29) is 11.9 Å². The number of benzene rings is 1. The predicted molar refractivity (Wildman–Crippen MR) is 66.6 cm³/mol. The summed E-state index contributed by atoms with van der Waals surface area (Å²) in [5.74, 6) is -0.105. The van der Waals surface area contributed by atoms with Crippen molar-refractivity contribution in [1.29, 1.82) is 5.26 Å². The summed E-state index contributed by atoms with van der Waals surface area (Å²) >= 11 is 3.38. The van der Waals surface area contributed by atoms with E-state index in [0.29, 0.717) is 5.56 Å². The molecule has 3 nitrogen and oxygen atoms in total. The van der Waals surface area contributed by atoms with Crippen molar-refractivity contribution >= 4 is 21.9 Å². The molecule has 1 aromatic rings. The van der Waals surface area contributed by atoms with Gasteiger partial charge in [-0.15, -0.1) is 0 Å². The molecule has 1 aromatic carbocycles. The van der Waals surface area contributed by atoms with E-state index in [1.54, 1.807) is 12.1 Å². The van der Waals surface area contributed by atoms with Crippen molar-refractivity contribution < 1.29 is 9.53 Å². The van der Waals surface area contributed by atoms with E-state index in [1.165, 1.54) is 7.11 Å². The standard InChI is InChI=1S/C13H12BrNO2/c1-8-6-13(8,7-15)11-5-9(14)3-4-10(11)12(16)17-2/h3-5,8H,6H2,1-2H3/t8-,13+/m0/s1. The molecule has 17 heavy (non-hydrogen) atoms. The second-order valence-electron chi connectivity index (χ2n) is 4.37. The first-order valence-electron chi connectivity index (χ1n) is 5.34. The Morgan fingerprint density at radius 1 is 1.65 bits per heavy atom. The summed E-state index contributed by atoms with van der Waals surface area (Å²) in [6, 6.07) is 7.67. The van der Waals surface area contributed by atoms with Gasteiger partial charge in [0.1, 0.15) is 0 Å². The van der Waals surface area contributed by atoms with Crippen LogP contribution in [0.2, 0.25) is 0 Å². The van der Waals surface area contributed by atoms with Crippen molar-refractivity contribution in [3.05, 3.63) is 33.8 Å². The van der Waals surface area contributed by atoms with E-state index >= 15 is 0 Å². The Bertz CT molecular complexity index is 521. The summed E-state index contributed by atoms with van der Waals surface area (Å²) in [7, 11) is 1.35. The van der Waals surface area contributed by atoms with Gasteiger partial charge in [0.2, 0.25) is 0 Å². The summed E-state index contributed by atoms with van der Waals surface area (Å²) in [4.78, 5) is 11.7. The van der Waals surface area contributed by atoms with Gasteiger partial charge in [0.15, 0.2) is 0 Å². The molecule has 0 amide bonds. The van der Waals surface area contributed by atoms with Gasteiger partial charge in [-0.3, -0.25) is 0 Å². The molecule has 0 aromatic heterocycles. The lowest BCUT2D eigenvalue weighted by molar-refractivity contribution is 0.0599. The van der Waals surface area contributed by atoms with E-state index in [2.05, 4.69) is 22.0 Å². The number of hydrogen-bond acceptors (Lipinski definition) is 3. The number of carbonyl (C=O) groups excluding carboxylic acids is 1. The van der Waals surface area contributed by atoms with Crippen LogP contribution in [0.1, 0.15) is 29.3 Å². The Balaban J connectivity index is 2.57. The molecule has 88 valence electrons. The number of hydrogen-bond donors (Lipinski definition) is 0. The van der Waals surface area contributed by atoms with Gasteiger partial charge in [-0.1, -0.05) is 22.9 Å². The van der Waals surface area contributed by atoms with Crippen LogP contribution in [0.5, 0.6) is 0 Å². The van der Waals surface area contributed by atoms with Crippen molar-refractivity contribution in [3.63, 3.8) is 0 Å². The maximum atomic E-state index is 11.7. The first-order valence-corrected chi connectivity index (χ1v) is 6.14. The molecule has 1 aliphatic carbocycles. The van der Waals surface area contributed by atoms with Crippen LogP contribution in [0.3, 0.4) is 0 Å². The number of carbonyl (C=O) groups is 1. The van der Waals surface area contributed by atoms with Gasteiger partial charge in [-0.2, -0.15) is 5.26 Å². The van der Waals surface area contributed by atoms with Gasteiger partial charge in [0.25, 0.3) is 0 Å². The zero-order chi connectivity index (χ0) is 12.6. The minimum Gasteiger partial charge on any atom is -0.465 e. The van der Waals surface area contributed by atoms with Crippen molar-refractivity contribution in [1.82, 2.24) is 0 Å². The van der Waals surface area contributed by atoms with Crippen LogP contribution < -0.4 is 0 Å². The Labute approximate surface area is 109 Å². The van der Waals surface area contributed by atoms with Gasteiger partial charge in [-0.25, -0.2) is 4.79 Å². The van der Waals surface area contributed by atoms with Gasteiger partial charge in [-0.05, 0) is 36.1 Å². The summed E-state index contributed by atoms with van der Waals surface area (Å²) in [6.45, 7) is 2.02. The lowest BCUT2D eigenvalue weighted by Crippen LogP contribution is -2.14. The minimum atomic E-state index is -0.521. The highest BCUT2D eigenvalue weighted by molar-refractivity contribution is 9.10. The molecule has 1 aliphatic rings. The number of rotatable bonds is 2. The minimum absolute atomic E-state index is 0.283.